The van der Waals surface area contributed by atoms with E-state index in [1.807, 2.05) is 0 Å². The minimum absolute atomic E-state index is 0.0602. The molecule has 0 aliphatic heterocycles. The Bertz CT molecular complexity index is 139. The van der Waals surface area contributed by atoms with Crippen molar-refractivity contribution in [3.05, 3.63) is 0 Å². The number of methoxy groups -OCH3 is 3. The number of ether oxygens (including phenoxy) is 3. The molecular formula is C8H16O4. The summed E-state index contributed by atoms with van der Waals surface area (Å²) in [6, 6.07) is 0. The van der Waals surface area contributed by atoms with Gasteiger partial charge in [0, 0.05) is 27.8 Å². The molecule has 1 unspecified atom stereocenters. The van der Waals surface area contributed by atoms with Crippen molar-refractivity contribution >= 4 is 0 Å². The summed E-state index contributed by atoms with van der Waals surface area (Å²) in [5, 5.41) is 9.51. The molecule has 0 aromatic heterocycles. The average Bonchev–Trinajstić information content (AvgIpc) is 2.40. The first-order valence-electron chi connectivity index (χ1n) is 4.01. The van der Waals surface area contributed by atoms with E-state index >= 15 is 0 Å². The Labute approximate surface area is 72.4 Å². The second-order valence-corrected chi connectivity index (χ2v) is 2.98. The van der Waals surface area contributed by atoms with Crippen LogP contribution < -0.4 is 0 Å². The highest BCUT2D eigenvalue weighted by molar-refractivity contribution is 4.94. The van der Waals surface area contributed by atoms with Gasteiger partial charge in [0.05, 0.1) is 12.2 Å². The molecule has 12 heavy (non-hydrogen) atoms. The van der Waals surface area contributed by atoms with Crippen LogP contribution in [0, 0.1) is 0 Å². The molecule has 0 saturated heterocycles. The highest BCUT2D eigenvalue weighted by Crippen LogP contribution is 2.27. The SMILES string of the molecule is CO[C@H]1[C@H](OC)C(O)C[C@H]1OC. The van der Waals surface area contributed by atoms with Crippen molar-refractivity contribution in [1.29, 1.82) is 0 Å². The first-order chi connectivity index (χ1) is 5.74. The van der Waals surface area contributed by atoms with Crippen molar-refractivity contribution in [2.45, 2.75) is 30.8 Å². The lowest BCUT2D eigenvalue weighted by atomic mass is 10.2. The molecule has 72 valence electrons. The molecule has 1 N–H and O–H groups in total. The van der Waals surface area contributed by atoms with Gasteiger partial charge in [0.25, 0.3) is 0 Å². The smallest absolute Gasteiger partial charge is 0.112 e. The standard InChI is InChI=1S/C8H16O4/c1-10-6-4-5(9)7(11-2)8(6)12-3/h5-9H,4H2,1-3H3/t5?,6-,7-,8-/m1/s1. The van der Waals surface area contributed by atoms with E-state index < -0.39 is 6.10 Å². The molecule has 0 aromatic rings. The summed E-state index contributed by atoms with van der Waals surface area (Å²) in [7, 11) is 4.78. The molecule has 1 aliphatic carbocycles. The van der Waals surface area contributed by atoms with Crippen LogP contribution in [0.4, 0.5) is 0 Å². The maximum atomic E-state index is 9.51. The zero-order chi connectivity index (χ0) is 9.14. The second kappa shape index (κ2) is 4.18. The van der Waals surface area contributed by atoms with Gasteiger partial charge in [-0.25, -0.2) is 0 Å². The Morgan fingerprint density at radius 2 is 1.58 bits per heavy atom. The van der Waals surface area contributed by atoms with Crippen LogP contribution in [0.2, 0.25) is 0 Å². The molecule has 4 nitrogen and oxygen atoms in total. The fourth-order valence-corrected chi connectivity index (χ4v) is 1.74. The molecule has 1 saturated carbocycles. The van der Waals surface area contributed by atoms with Gasteiger partial charge >= 0.3 is 0 Å². The maximum absolute atomic E-state index is 9.51. The van der Waals surface area contributed by atoms with Crippen molar-refractivity contribution < 1.29 is 19.3 Å². The van der Waals surface area contributed by atoms with E-state index in [0.717, 1.165) is 0 Å². The summed E-state index contributed by atoms with van der Waals surface area (Å²) in [6.07, 6.45) is -0.386. The summed E-state index contributed by atoms with van der Waals surface area (Å²) in [5.74, 6) is 0. The third-order valence-corrected chi connectivity index (χ3v) is 2.39. The third-order valence-electron chi connectivity index (χ3n) is 2.39. The summed E-state index contributed by atoms with van der Waals surface area (Å²) in [4.78, 5) is 0. The van der Waals surface area contributed by atoms with Gasteiger partial charge in [-0.15, -0.1) is 0 Å². The predicted octanol–water partition coefficient (Wildman–Crippen LogP) is -0.204. The van der Waals surface area contributed by atoms with E-state index in [1.165, 1.54) is 0 Å². The van der Waals surface area contributed by atoms with E-state index in [2.05, 4.69) is 0 Å². The number of hydrogen-bond acceptors (Lipinski definition) is 4. The molecule has 1 aliphatic rings. The summed E-state index contributed by atoms with van der Waals surface area (Å²) >= 11 is 0. The third kappa shape index (κ3) is 1.61. The highest BCUT2D eigenvalue weighted by Gasteiger charge is 2.43. The number of aliphatic hydroxyl groups is 1. The van der Waals surface area contributed by atoms with Gasteiger partial charge in [0.2, 0.25) is 0 Å². The summed E-state index contributed by atoms with van der Waals surface area (Å²) in [5.41, 5.74) is 0. The molecule has 0 heterocycles. The van der Waals surface area contributed by atoms with E-state index in [-0.39, 0.29) is 18.3 Å². The van der Waals surface area contributed by atoms with E-state index in [9.17, 15) is 5.11 Å². The summed E-state index contributed by atoms with van der Waals surface area (Å²) < 4.78 is 15.4. The van der Waals surface area contributed by atoms with Crippen LogP contribution in [0.15, 0.2) is 0 Å². The zero-order valence-corrected chi connectivity index (χ0v) is 7.69. The molecule has 1 rings (SSSR count). The van der Waals surface area contributed by atoms with Crippen LogP contribution >= 0.6 is 0 Å². The minimum Gasteiger partial charge on any atom is -0.390 e. The van der Waals surface area contributed by atoms with Gasteiger partial charge in [0.15, 0.2) is 0 Å². The largest absolute Gasteiger partial charge is 0.390 e. The number of hydrogen-bond donors (Lipinski definition) is 1. The summed E-state index contributed by atoms with van der Waals surface area (Å²) in [6.45, 7) is 0. The monoisotopic (exact) mass is 176 g/mol. The van der Waals surface area contributed by atoms with Crippen molar-refractivity contribution in [1.82, 2.24) is 0 Å². The van der Waals surface area contributed by atoms with Crippen molar-refractivity contribution in [3.8, 4) is 0 Å². The fourth-order valence-electron chi connectivity index (χ4n) is 1.74. The number of rotatable bonds is 3. The van der Waals surface area contributed by atoms with Gasteiger partial charge < -0.3 is 19.3 Å². The molecule has 1 fully saturated rings. The lowest BCUT2D eigenvalue weighted by molar-refractivity contribution is -0.0881. The molecule has 0 spiro atoms. The first kappa shape index (κ1) is 9.92. The average molecular weight is 176 g/mol. The number of aliphatic hydroxyl groups excluding tert-OH is 1. The fraction of sp³-hybridized carbons (Fsp3) is 1.00. The predicted molar refractivity (Wildman–Crippen MR) is 43.0 cm³/mol. The quantitative estimate of drug-likeness (QED) is 0.646. The zero-order valence-electron chi connectivity index (χ0n) is 7.69. The topological polar surface area (TPSA) is 47.9 Å². The van der Waals surface area contributed by atoms with Crippen LogP contribution in [0.5, 0.6) is 0 Å². The molecule has 0 bridgehead atoms. The first-order valence-corrected chi connectivity index (χ1v) is 4.01. The lowest BCUT2D eigenvalue weighted by Gasteiger charge is -2.21. The molecule has 4 atom stereocenters. The van der Waals surface area contributed by atoms with E-state index in [0.29, 0.717) is 6.42 Å². The van der Waals surface area contributed by atoms with Gasteiger partial charge in [-0.1, -0.05) is 0 Å². The Morgan fingerprint density at radius 3 is 2.00 bits per heavy atom. The van der Waals surface area contributed by atoms with Crippen LogP contribution in [0.25, 0.3) is 0 Å². The Morgan fingerprint density at radius 1 is 1.00 bits per heavy atom. The maximum Gasteiger partial charge on any atom is 0.112 e. The van der Waals surface area contributed by atoms with Crippen molar-refractivity contribution in [2.24, 2.45) is 0 Å². The van der Waals surface area contributed by atoms with Crippen LogP contribution in [0.3, 0.4) is 0 Å². The van der Waals surface area contributed by atoms with Crippen LogP contribution in [0.1, 0.15) is 6.42 Å². The van der Waals surface area contributed by atoms with Gasteiger partial charge in [-0.3, -0.25) is 0 Å². The molecular weight excluding hydrogens is 160 g/mol. The highest BCUT2D eigenvalue weighted by atomic mass is 16.6. The van der Waals surface area contributed by atoms with Gasteiger partial charge in [-0.2, -0.15) is 0 Å². The molecule has 4 heteroatoms. The minimum atomic E-state index is -0.482. The van der Waals surface area contributed by atoms with Crippen molar-refractivity contribution in [2.75, 3.05) is 21.3 Å². The normalized spacial score (nSPS) is 42.0. The Kier molecular flexibility index (Phi) is 3.46. The lowest BCUT2D eigenvalue weighted by Crippen LogP contribution is -2.36. The van der Waals surface area contributed by atoms with E-state index in [1.54, 1.807) is 21.3 Å². The molecule has 0 aromatic carbocycles. The van der Waals surface area contributed by atoms with E-state index in [4.69, 9.17) is 14.2 Å². The molecule has 0 radical (unpaired) electrons. The second-order valence-electron chi connectivity index (χ2n) is 2.98. The van der Waals surface area contributed by atoms with Gasteiger partial charge in [0.1, 0.15) is 12.2 Å². The van der Waals surface area contributed by atoms with Crippen LogP contribution in [-0.4, -0.2) is 50.9 Å². The van der Waals surface area contributed by atoms with Crippen molar-refractivity contribution in [3.63, 3.8) is 0 Å². The van der Waals surface area contributed by atoms with Gasteiger partial charge in [-0.05, 0) is 0 Å². The Hall–Kier alpha value is -0.160. The van der Waals surface area contributed by atoms with Crippen LogP contribution in [-0.2, 0) is 14.2 Å². The Balaban J connectivity index is 2.61. The molecule has 0 amide bonds.